The van der Waals surface area contributed by atoms with Crippen LogP contribution >= 0.6 is 0 Å². The number of pyridine rings is 1. The second kappa shape index (κ2) is 8.25. The van der Waals surface area contributed by atoms with Crippen molar-refractivity contribution in [2.75, 3.05) is 12.3 Å². The third-order valence-electron chi connectivity index (χ3n) is 4.55. The summed E-state index contributed by atoms with van der Waals surface area (Å²) in [5.74, 6) is 1.48. The van der Waals surface area contributed by atoms with Gasteiger partial charge in [-0.1, -0.05) is 45.1 Å². The minimum Gasteiger partial charge on any atom is -0.383 e. The molecule has 2 rings (SSSR count). The summed E-state index contributed by atoms with van der Waals surface area (Å²) in [5, 5.41) is 3.69. The highest BCUT2D eigenvalue weighted by Crippen LogP contribution is 2.27. The average molecular weight is 275 g/mol. The van der Waals surface area contributed by atoms with Crippen LogP contribution in [0.5, 0.6) is 0 Å². The molecule has 1 unspecified atom stereocenters. The lowest BCUT2D eigenvalue weighted by atomic mass is 9.83. The lowest BCUT2D eigenvalue weighted by Gasteiger charge is -2.29. The van der Waals surface area contributed by atoms with E-state index in [-0.39, 0.29) is 0 Å². The van der Waals surface area contributed by atoms with Crippen molar-refractivity contribution in [3.05, 3.63) is 23.9 Å². The molecule has 20 heavy (non-hydrogen) atoms. The quantitative estimate of drug-likeness (QED) is 0.864. The van der Waals surface area contributed by atoms with E-state index < -0.39 is 0 Å². The lowest BCUT2D eigenvalue weighted by molar-refractivity contribution is 0.286. The van der Waals surface area contributed by atoms with Gasteiger partial charge in [-0.3, -0.25) is 0 Å². The fourth-order valence-electron chi connectivity index (χ4n) is 3.42. The van der Waals surface area contributed by atoms with E-state index in [1.54, 1.807) is 6.20 Å². The van der Waals surface area contributed by atoms with Crippen LogP contribution in [-0.4, -0.2) is 17.6 Å². The van der Waals surface area contributed by atoms with Gasteiger partial charge in [0.05, 0.1) is 0 Å². The predicted octanol–water partition coefficient (Wildman–Crippen LogP) is 3.54. The molecule has 0 spiro atoms. The fraction of sp³-hybridized carbons (Fsp3) is 0.706. The van der Waals surface area contributed by atoms with Crippen LogP contribution in [0.4, 0.5) is 5.82 Å². The number of anilines is 1. The second-order valence-electron chi connectivity index (χ2n) is 6.02. The van der Waals surface area contributed by atoms with Crippen molar-refractivity contribution < 1.29 is 0 Å². The molecule has 1 fully saturated rings. The van der Waals surface area contributed by atoms with Gasteiger partial charge in [-0.25, -0.2) is 4.98 Å². The molecule has 1 aliphatic carbocycles. The van der Waals surface area contributed by atoms with Crippen molar-refractivity contribution in [3.63, 3.8) is 0 Å². The van der Waals surface area contributed by atoms with Crippen molar-refractivity contribution in [3.8, 4) is 0 Å². The van der Waals surface area contributed by atoms with Gasteiger partial charge in [0, 0.05) is 12.2 Å². The number of nitrogens with two attached hydrogens (primary N) is 1. The molecule has 1 aliphatic rings. The van der Waals surface area contributed by atoms with Crippen molar-refractivity contribution in [2.24, 2.45) is 5.92 Å². The summed E-state index contributed by atoms with van der Waals surface area (Å²) in [6.45, 7) is 3.23. The minimum absolute atomic E-state index is 0.546. The molecule has 0 aliphatic heterocycles. The third-order valence-corrected chi connectivity index (χ3v) is 4.55. The summed E-state index contributed by atoms with van der Waals surface area (Å²) in [6, 6.07) is 4.66. The van der Waals surface area contributed by atoms with Gasteiger partial charge >= 0.3 is 0 Å². The SMILES string of the molecule is CCNC(Cc1cccnc1N)C1CCCCCCC1. The van der Waals surface area contributed by atoms with Crippen LogP contribution in [0.15, 0.2) is 18.3 Å². The van der Waals surface area contributed by atoms with Crippen LogP contribution in [0, 0.1) is 5.92 Å². The molecule has 1 atom stereocenters. The molecule has 0 saturated heterocycles. The number of likely N-dealkylation sites (N-methyl/N-ethyl adjacent to an activating group) is 1. The van der Waals surface area contributed by atoms with Crippen LogP contribution in [-0.2, 0) is 6.42 Å². The smallest absolute Gasteiger partial charge is 0.126 e. The molecule has 112 valence electrons. The van der Waals surface area contributed by atoms with E-state index in [1.807, 2.05) is 6.07 Å². The molecule has 3 heteroatoms. The van der Waals surface area contributed by atoms with Gasteiger partial charge in [0.25, 0.3) is 0 Å². The second-order valence-corrected chi connectivity index (χ2v) is 6.02. The van der Waals surface area contributed by atoms with Gasteiger partial charge in [-0.05, 0) is 43.4 Å². The zero-order chi connectivity index (χ0) is 14.2. The van der Waals surface area contributed by atoms with Crippen molar-refractivity contribution in [1.29, 1.82) is 0 Å². The van der Waals surface area contributed by atoms with Crippen LogP contribution in [0.25, 0.3) is 0 Å². The summed E-state index contributed by atoms with van der Waals surface area (Å²) in [5.41, 5.74) is 7.21. The Kier molecular flexibility index (Phi) is 6.31. The summed E-state index contributed by atoms with van der Waals surface area (Å²) >= 11 is 0. The Bertz CT molecular complexity index is 384. The molecule has 0 radical (unpaired) electrons. The Morgan fingerprint density at radius 3 is 2.60 bits per heavy atom. The van der Waals surface area contributed by atoms with Gasteiger partial charge in [0.1, 0.15) is 5.82 Å². The van der Waals surface area contributed by atoms with E-state index in [4.69, 9.17) is 5.73 Å². The van der Waals surface area contributed by atoms with E-state index in [0.29, 0.717) is 11.9 Å². The Morgan fingerprint density at radius 2 is 1.95 bits per heavy atom. The van der Waals surface area contributed by atoms with Crippen LogP contribution in [0.3, 0.4) is 0 Å². The first-order chi connectivity index (χ1) is 9.81. The molecule has 0 aromatic carbocycles. The maximum absolute atomic E-state index is 6.01. The van der Waals surface area contributed by atoms with Crippen molar-refractivity contribution in [2.45, 2.75) is 64.3 Å². The van der Waals surface area contributed by atoms with E-state index >= 15 is 0 Å². The van der Waals surface area contributed by atoms with E-state index in [9.17, 15) is 0 Å². The molecule has 0 amide bonds. The molecular weight excluding hydrogens is 246 g/mol. The summed E-state index contributed by atoms with van der Waals surface area (Å²) < 4.78 is 0. The van der Waals surface area contributed by atoms with Gasteiger partial charge in [-0.15, -0.1) is 0 Å². The van der Waals surface area contributed by atoms with Crippen LogP contribution in [0.2, 0.25) is 0 Å². The highest BCUT2D eigenvalue weighted by atomic mass is 14.9. The third kappa shape index (κ3) is 4.48. The first kappa shape index (κ1) is 15.3. The summed E-state index contributed by atoms with van der Waals surface area (Å²) in [7, 11) is 0. The molecule has 3 N–H and O–H groups in total. The number of rotatable bonds is 5. The molecular formula is C17H29N3. The molecule has 1 aromatic heterocycles. The highest BCUT2D eigenvalue weighted by Gasteiger charge is 2.22. The maximum atomic E-state index is 6.01. The molecule has 3 nitrogen and oxygen atoms in total. The predicted molar refractivity (Wildman–Crippen MR) is 85.6 cm³/mol. The first-order valence-electron chi connectivity index (χ1n) is 8.24. The van der Waals surface area contributed by atoms with Gasteiger partial charge < -0.3 is 11.1 Å². The van der Waals surface area contributed by atoms with Gasteiger partial charge in [-0.2, -0.15) is 0 Å². The van der Waals surface area contributed by atoms with E-state index in [1.165, 1.54) is 50.5 Å². The van der Waals surface area contributed by atoms with Crippen LogP contribution < -0.4 is 11.1 Å². The zero-order valence-corrected chi connectivity index (χ0v) is 12.8. The largest absolute Gasteiger partial charge is 0.383 e. The number of hydrogen-bond donors (Lipinski definition) is 2. The van der Waals surface area contributed by atoms with Gasteiger partial charge in [0.2, 0.25) is 0 Å². The van der Waals surface area contributed by atoms with Gasteiger partial charge in [0.15, 0.2) is 0 Å². The summed E-state index contributed by atoms with van der Waals surface area (Å²) in [6.07, 6.45) is 12.5. The lowest BCUT2D eigenvalue weighted by Crippen LogP contribution is -2.38. The number of aromatic nitrogens is 1. The summed E-state index contributed by atoms with van der Waals surface area (Å²) in [4.78, 5) is 4.22. The van der Waals surface area contributed by atoms with Crippen LogP contribution in [0.1, 0.15) is 57.4 Å². The Morgan fingerprint density at radius 1 is 1.25 bits per heavy atom. The Labute approximate surface area is 123 Å². The Hall–Kier alpha value is -1.09. The fourth-order valence-corrected chi connectivity index (χ4v) is 3.42. The highest BCUT2D eigenvalue weighted by molar-refractivity contribution is 5.38. The van der Waals surface area contributed by atoms with Crippen molar-refractivity contribution >= 4 is 5.82 Å². The molecule has 1 aromatic rings. The molecule has 1 saturated carbocycles. The monoisotopic (exact) mass is 275 g/mol. The normalized spacial score (nSPS) is 19.2. The maximum Gasteiger partial charge on any atom is 0.126 e. The van der Waals surface area contributed by atoms with E-state index in [0.717, 1.165) is 18.9 Å². The average Bonchev–Trinajstić information content (AvgIpc) is 2.40. The topological polar surface area (TPSA) is 50.9 Å². The number of nitrogen functional groups attached to an aromatic ring is 1. The minimum atomic E-state index is 0.546. The Balaban J connectivity index is 2.03. The zero-order valence-electron chi connectivity index (χ0n) is 12.8. The molecule has 0 bridgehead atoms. The molecule has 1 heterocycles. The standard InChI is InChI=1S/C17H29N3/c1-2-19-16(13-15-11-8-12-20-17(15)18)14-9-6-4-3-5-7-10-14/h8,11-12,14,16,19H,2-7,9-10,13H2,1H3,(H2,18,20). The van der Waals surface area contributed by atoms with E-state index in [2.05, 4.69) is 23.3 Å². The number of nitrogens with one attached hydrogen (secondary N) is 1. The van der Waals surface area contributed by atoms with Crippen molar-refractivity contribution in [1.82, 2.24) is 10.3 Å². The number of nitrogens with zero attached hydrogens (tertiary/aromatic N) is 1. The first-order valence-corrected chi connectivity index (χ1v) is 8.24. The number of hydrogen-bond acceptors (Lipinski definition) is 3.